The molecule has 1 amide bonds. The number of sulfonamides is 1. The standard InChI is InChI=1S/C17H16N2O5S/c20-17(18-13-5-8-15-16(9-13)24-10-23-15)11-1-6-14(7-2-11)25(21,22)19-12-3-4-12/h1-2,5-9,12,19H,3-4,10H2,(H,18,20). The van der Waals surface area contributed by atoms with Crippen molar-refractivity contribution in [2.45, 2.75) is 23.8 Å². The van der Waals surface area contributed by atoms with Crippen LogP contribution in [0.5, 0.6) is 11.5 Å². The number of benzene rings is 2. The molecule has 130 valence electrons. The molecule has 0 atom stereocenters. The average molecular weight is 360 g/mol. The van der Waals surface area contributed by atoms with Crippen molar-refractivity contribution in [3.05, 3.63) is 48.0 Å². The molecule has 1 fully saturated rings. The number of ether oxygens (including phenoxy) is 2. The fraction of sp³-hybridized carbons (Fsp3) is 0.235. The predicted molar refractivity (Wildman–Crippen MR) is 90.3 cm³/mol. The Morgan fingerprint density at radius 2 is 1.72 bits per heavy atom. The number of amides is 1. The van der Waals surface area contributed by atoms with E-state index in [1.165, 1.54) is 24.3 Å². The number of nitrogens with one attached hydrogen (secondary N) is 2. The highest BCUT2D eigenvalue weighted by Gasteiger charge is 2.28. The van der Waals surface area contributed by atoms with Gasteiger partial charge in [-0.25, -0.2) is 13.1 Å². The third kappa shape index (κ3) is 3.45. The lowest BCUT2D eigenvalue weighted by atomic mass is 10.2. The molecule has 0 saturated heterocycles. The van der Waals surface area contributed by atoms with Gasteiger partial charge in [-0.05, 0) is 49.2 Å². The van der Waals surface area contributed by atoms with Gasteiger partial charge >= 0.3 is 0 Å². The fourth-order valence-corrected chi connectivity index (χ4v) is 3.76. The Morgan fingerprint density at radius 1 is 1.00 bits per heavy atom. The second-order valence-electron chi connectivity index (χ2n) is 5.94. The summed E-state index contributed by atoms with van der Waals surface area (Å²) in [5.74, 6) is 0.874. The van der Waals surface area contributed by atoms with Crippen molar-refractivity contribution in [3.63, 3.8) is 0 Å². The Labute approximate surface area is 145 Å². The second-order valence-corrected chi connectivity index (χ2v) is 7.66. The number of carbonyl (C=O) groups is 1. The van der Waals surface area contributed by atoms with E-state index in [0.29, 0.717) is 22.7 Å². The topological polar surface area (TPSA) is 93.7 Å². The first kappa shape index (κ1) is 15.9. The van der Waals surface area contributed by atoms with Crippen molar-refractivity contribution in [2.75, 3.05) is 12.1 Å². The highest BCUT2D eigenvalue weighted by Crippen LogP contribution is 2.34. The molecule has 1 heterocycles. The molecule has 0 aromatic heterocycles. The first-order valence-electron chi connectivity index (χ1n) is 7.85. The maximum atomic E-state index is 12.3. The highest BCUT2D eigenvalue weighted by molar-refractivity contribution is 7.89. The van der Waals surface area contributed by atoms with Crippen LogP contribution in [0.4, 0.5) is 5.69 Å². The summed E-state index contributed by atoms with van der Waals surface area (Å²) in [6.07, 6.45) is 1.74. The summed E-state index contributed by atoms with van der Waals surface area (Å²) in [6.45, 7) is 0.164. The smallest absolute Gasteiger partial charge is 0.255 e. The Bertz CT molecular complexity index is 921. The van der Waals surface area contributed by atoms with Gasteiger partial charge in [0.15, 0.2) is 11.5 Å². The molecule has 1 saturated carbocycles. The molecule has 0 spiro atoms. The molecule has 2 N–H and O–H groups in total. The number of fused-ring (bicyclic) bond motifs is 1. The van der Waals surface area contributed by atoms with Crippen LogP contribution in [-0.2, 0) is 10.0 Å². The van der Waals surface area contributed by atoms with Crippen LogP contribution >= 0.6 is 0 Å². The Balaban J connectivity index is 1.47. The molecule has 2 aromatic carbocycles. The van der Waals surface area contributed by atoms with Crippen LogP contribution in [0.25, 0.3) is 0 Å². The van der Waals surface area contributed by atoms with Crippen molar-refractivity contribution in [2.24, 2.45) is 0 Å². The number of carbonyl (C=O) groups excluding carboxylic acids is 1. The summed E-state index contributed by atoms with van der Waals surface area (Å²) in [5, 5.41) is 2.75. The van der Waals surface area contributed by atoms with E-state index in [2.05, 4.69) is 10.0 Å². The number of hydrogen-bond donors (Lipinski definition) is 2. The van der Waals surface area contributed by atoms with Crippen molar-refractivity contribution in [1.29, 1.82) is 0 Å². The monoisotopic (exact) mass is 360 g/mol. The molecular formula is C17H16N2O5S. The molecule has 1 aliphatic heterocycles. The van der Waals surface area contributed by atoms with Gasteiger partial charge in [0.25, 0.3) is 5.91 Å². The van der Waals surface area contributed by atoms with Crippen LogP contribution in [-0.4, -0.2) is 27.2 Å². The van der Waals surface area contributed by atoms with Gasteiger partial charge in [-0.1, -0.05) is 0 Å². The maximum absolute atomic E-state index is 12.3. The molecule has 0 bridgehead atoms. The average Bonchev–Trinajstić information content (AvgIpc) is 3.27. The van der Waals surface area contributed by atoms with Crippen LogP contribution in [0.15, 0.2) is 47.4 Å². The van der Waals surface area contributed by atoms with E-state index >= 15 is 0 Å². The van der Waals surface area contributed by atoms with Crippen LogP contribution in [0.1, 0.15) is 23.2 Å². The van der Waals surface area contributed by atoms with E-state index in [-0.39, 0.29) is 23.6 Å². The van der Waals surface area contributed by atoms with Gasteiger partial charge in [-0.2, -0.15) is 0 Å². The van der Waals surface area contributed by atoms with E-state index in [1.54, 1.807) is 18.2 Å². The summed E-state index contributed by atoms with van der Waals surface area (Å²) in [4.78, 5) is 12.5. The van der Waals surface area contributed by atoms with Crippen molar-refractivity contribution >= 4 is 21.6 Å². The van der Waals surface area contributed by atoms with Crippen molar-refractivity contribution < 1.29 is 22.7 Å². The summed E-state index contributed by atoms with van der Waals surface area (Å²) < 4.78 is 37.3. The van der Waals surface area contributed by atoms with Gasteiger partial charge in [0.05, 0.1) is 4.90 Å². The van der Waals surface area contributed by atoms with E-state index in [4.69, 9.17) is 9.47 Å². The molecule has 7 nitrogen and oxygen atoms in total. The van der Waals surface area contributed by atoms with Gasteiger partial charge in [-0.3, -0.25) is 4.79 Å². The third-order valence-corrected chi connectivity index (χ3v) is 5.49. The molecule has 1 aliphatic carbocycles. The zero-order valence-electron chi connectivity index (χ0n) is 13.2. The highest BCUT2D eigenvalue weighted by atomic mass is 32.2. The second kappa shape index (κ2) is 6.05. The Kier molecular flexibility index (Phi) is 3.85. The first-order valence-corrected chi connectivity index (χ1v) is 9.33. The molecular weight excluding hydrogens is 344 g/mol. The number of hydrogen-bond acceptors (Lipinski definition) is 5. The zero-order chi connectivity index (χ0) is 17.4. The minimum Gasteiger partial charge on any atom is -0.454 e. The zero-order valence-corrected chi connectivity index (χ0v) is 14.0. The quantitative estimate of drug-likeness (QED) is 0.852. The van der Waals surface area contributed by atoms with E-state index in [1.807, 2.05) is 0 Å². The Morgan fingerprint density at radius 3 is 2.44 bits per heavy atom. The summed E-state index contributed by atoms with van der Waals surface area (Å²) in [6, 6.07) is 11.0. The van der Waals surface area contributed by atoms with Crippen LogP contribution < -0.4 is 19.5 Å². The third-order valence-electron chi connectivity index (χ3n) is 3.96. The van der Waals surface area contributed by atoms with Crippen LogP contribution in [0.3, 0.4) is 0 Å². The van der Waals surface area contributed by atoms with Crippen molar-refractivity contribution in [1.82, 2.24) is 4.72 Å². The van der Waals surface area contributed by atoms with Gasteiger partial charge in [0.1, 0.15) is 0 Å². The predicted octanol–water partition coefficient (Wildman–Crippen LogP) is 2.11. The van der Waals surface area contributed by atoms with Crippen molar-refractivity contribution in [3.8, 4) is 11.5 Å². The minimum atomic E-state index is -3.52. The molecule has 0 radical (unpaired) electrons. The summed E-state index contributed by atoms with van der Waals surface area (Å²) in [5.41, 5.74) is 0.935. The van der Waals surface area contributed by atoms with Crippen LogP contribution in [0, 0.1) is 0 Å². The first-order chi connectivity index (χ1) is 12.0. The summed E-state index contributed by atoms with van der Waals surface area (Å²) >= 11 is 0. The fourth-order valence-electron chi connectivity index (χ4n) is 2.45. The normalized spacial score (nSPS) is 15.8. The minimum absolute atomic E-state index is 0.0407. The maximum Gasteiger partial charge on any atom is 0.255 e. The molecule has 2 aliphatic rings. The molecule has 8 heteroatoms. The summed E-state index contributed by atoms with van der Waals surface area (Å²) in [7, 11) is -3.52. The van der Waals surface area contributed by atoms with Gasteiger partial charge in [0.2, 0.25) is 16.8 Å². The lowest BCUT2D eigenvalue weighted by Crippen LogP contribution is -2.25. The molecule has 4 rings (SSSR count). The lowest BCUT2D eigenvalue weighted by Gasteiger charge is -2.08. The van der Waals surface area contributed by atoms with Crippen LogP contribution in [0.2, 0.25) is 0 Å². The lowest BCUT2D eigenvalue weighted by molar-refractivity contribution is 0.102. The van der Waals surface area contributed by atoms with Gasteiger partial charge in [-0.15, -0.1) is 0 Å². The van der Waals surface area contributed by atoms with E-state index < -0.39 is 10.0 Å². The molecule has 25 heavy (non-hydrogen) atoms. The van der Waals surface area contributed by atoms with Gasteiger partial charge in [0, 0.05) is 23.4 Å². The Hall–Kier alpha value is -2.58. The van der Waals surface area contributed by atoms with Gasteiger partial charge < -0.3 is 14.8 Å². The van der Waals surface area contributed by atoms with E-state index in [0.717, 1.165) is 12.8 Å². The number of anilines is 1. The number of rotatable bonds is 5. The van der Waals surface area contributed by atoms with E-state index in [9.17, 15) is 13.2 Å². The molecule has 0 unspecified atom stereocenters. The SMILES string of the molecule is O=C(Nc1ccc2c(c1)OCO2)c1ccc(S(=O)(=O)NC2CC2)cc1. The molecule has 2 aromatic rings. The largest absolute Gasteiger partial charge is 0.454 e.